The number of carbonyl (C=O) groups is 1. The van der Waals surface area contributed by atoms with Crippen molar-refractivity contribution in [1.82, 2.24) is 9.55 Å². The summed E-state index contributed by atoms with van der Waals surface area (Å²) in [6, 6.07) is 9.60. The highest BCUT2D eigenvalue weighted by Gasteiger charge is 2.18. The molecule has 10 heteroatoms. The lowest BCUT2D eigenvalue weighted by atomic mass is 10.2. The van der Waals surface area contributed by atoms with Gasteiger partial charge in [0, 0.05) is 11.2 Å². The minimum absolute atomic E-state index is 0.0480. The van der Waals surface area contributed by atoms with Crippen molar-refractivity contribution >= 4 is 34.8 Å². The van der Waals surface area contributed by atoms with Crippen LogP contribution in [-0.4, -0.2) is 22.3 Å². The molecule has 0 saturated carbocycles. The second-order valence-electron chi connectivity index (χ2n) is 6.16. The Balaban J connectivity index is 1.63. The summed E-state index contributed by atoms with van der Waals surface area (Å²) in [5.74, 6) is 0.399. The van der Waals surface area contributed by atoms with E-state index in [1.807, 2.05) is 0 Å². The summed E-state index contributed by atoms with van der Waals surface area (Å²) in [7, 11) is 0. The van der Waals surface area contributed by atoms with Gasteiger partial charge in [-0.3, -0.25) is 14.2 Å². The number of benzene rings is 2. The van der Waals surface area contributed by atoms with Crippen LogP contribution < -0.4 is 26.0 Å². The fourth-order valence-electron chi connectivity index (χ4n) is 2.82. The number of H-pyrrole nitrogens is 1. The van der Waals surface area contributed by atoms with Crippen LogP contribution in [0.5, 0.6) is 11.5 Å². The number of fused-ring (bicyclic) bond motifs is 1. The molecule has 0 fully saturated rings. The van der Waals surface area contributed by atoms with Gasteiger partial charge in [-0.2, -0.15) is 0 Å². The number of hydrogen-bond acceptors (Lipinski definition) is 5. The molecule has 0 atom stereocenters. The number of aromatic amines is 1. The molecule has 148 valence electrons. The molecule has 1 aliphatic heterocycles. The maximum Gasteiger partial charge on any atom is 0.328 e. The van der Waals surface area contributed by atoms with Crippen LogP contribution in [0.3, 0.4) is 0 Å². The zero-order valence-electron chi connectivity index (χ0n) is 14.7. The van der Waals surface area contributed by atoms with E-state index in [4.69, 9.17) is 32.7 Å². The third-order valence-electron chi connectivity index (χ3n) is 4.26. The first-order chi connectivity index (χ1) is 13.9. The molecule has 0 aliphatic carbocycles. The molecule has 1 amide bonds. The number of aromatic nitrogens is 2. The molecule has 1 aromatic heterocycles. The van der Waals surface area contributed by atoms with Crippen molar-refractivity contribution in [1.29, 1.82) is 0 Å². The summed E-state index contributed by atoms with van der Waals surface area (Å²) in [4.78, 5) is 39.9. The molecule has 2 aromatic carbocycles. The summed E-state index contributed by atoms with van der Waals surface area (Å²) < 4.78 is 11.5. The second-order valence-corrected chi connectivity index (χ2v) is 7.01. The van der Waals surface area contributed by atoms with Crippen LogP contribution in [0.25, 0.3) is 0 Å². The summed E-state index contributed by atoms with van der Waals surface area (Å²) in [5.41, 5.74) is -0.701. The number of carbonyl (C=O) groups excluding carboxylic acids is 1. The Morgan fingerprint density at radius 1 is 1.10 bits per heavy atom. The molecule has 4 rings (SSSR count). The van der Waals surface area contributed by atoms with Crippen molar-refractivity contribution in [2.45, 2.75) is 6.54 Å². The fraction of sp³-hybridized carbons (Fsp3) is 0.105. The highest BCUT2D eigenvalue weighted by Crippen LogP contribution is 2.32. The summed E-state index contributed by atoms with van der Waals surface area (Å²) >= 11 is 11.9. The molecule has 0 saturated heterocycles. The zero-order valence-corrected chi connectivity index (χ0v) is 16.2. The van der Waals surface area contributed by atoms with E-state index in [0.717, 1.165) is 10.8 Å². The number of amides is 1. The highest BCUT2D eigenvalue weighted by molar-refractivity contribution is 6.36. The summed E-state index contributed by atoms with van der Waals surface area (Å²) in [6.07, 6.45) is 1.07. The maximum atomic E-state index is 12.8. The van der Waals surface area contributed by atoms with E-state index in [2.05, 4.69) is 10.3 Å². The number of anilines is 1. The van der Waals surface area contributed by atoms with E-state index in [1.54, 1.807) is 24.3 Å². The first-order valence-electron chi connectivity index (χ1n) is 8.40. The summed E-state index contributed by atoms with van der Waals surface area (Å²) in [5, 5.41) is 3.16. The van der Waals surface area contributed by atoms with Crippen LogP contribution in [0.4, 0.5) is 5.69 Å². The first kappa shape index (κ1) is 19.1. The minimum atomic E-state index is -0.742. The monoisotopic (exact) mass is 433 g/mol. The first-order valence-corrected chi connectivity index (χ1v) is 9.15. The Kier molecular flexibility index (Phi) is 5.04. The van der Waals surface area contributed by atoms with Crippen molar-refractivity contribution in [3.05, 3.63) is 84.6 Å². The molecule has 2 N–H and O–H groups in total. The molecule has 29 heavy (non-hydrogen) atoms. The fourth-order valence-corrected chi connectivity index (χ4v) is 3.28. The van der Waals surface area contributed by atoms with Gasteiger partial charge in [-0.25, -0.2) is 4.79 Å². The number of nitrogens with zero attached hydrogens (tertiary/aromatic N) is 1. The number of nitrogens with one attached hydrogen (secondary N) is 2. The van der Waals surface area contributed by atoms with Crippen LogP contribution in [0.2, 0.25) is 10.0 Å². The topological polar surface area (TPSA) is 102 Å². The van der Waals surface area contributed by atoms with Crippen molar-refractivity contribution < 1.29 is 14.3 Å². The highest BCUT2D eigenvalue weighted by atomic mass is 35.5. The Labute approximate surface area is 173 Å². The van der Waals surface area contributed by atoms with Crippen LogP contribution in [0.15, 0.2) is 52.2 Å². The molecule has 0 spiro atoms. The van der Waals surface area contributed by atoms with E-state index in [1.165, 1.54) is 12.1 Å². The predicted molar refractivity (Wildman–Crippen MR) is 107 cm³/mol. The van der Waals surface area contributed by atoms with E-state index >= 15 is 0 Å². The van der Waals surface area contributed by atoms with Gasteiger partial charge in [0.15, 0.2) is 11.5 Å². The molecule has 0 unspecified atom stereocenters. The van der Waals surface area contributed by atoms with E-state index in [0.29, 0.717) is 22.1 Å². The Bertz CT molecular complexity index is 1240. The van der Waals surface area contributed by atoms with Crippen molar-refractivity contribution in [2.24, 2.45) is 0 Å². The Hall–Kier alpha value is -3.23. The number of ether oxygens (including phenoxy) is 2. The molecule has 0 bridgehead atoms. The van der Waals surface area contributed by atoms with Crippen molar-refractivity contribution in [3.63, 3.8) is 0 Å². The average molecular weight is 434 g/mol. The molecular weight excluding hydrogens is 421 g/mol. The van der Waals surface area contributed by atoms with Gasteiger partial charge in [-0.05, 0) is 35.9 Å². The average Bonchev–Trinajstić information content (AvgIpc) is 3.15. The van der Waals surface area contributed by atoms with Gasteiger partial charge >= 0.3 is 5.69 Å². The van der Waals surface area contributed by atoms with Gasteiger partial charge in [0.05, 0.1) is 17.3 Å². The number of rotatable bonds is 4. The lowest BCUT2D eigenvalue weighted by molar-refractivity contribution is 0.102. The van der Waals surface area contributed by atoms with E-state index in [9.17, 15) is 14.4 Å². The van der Waals surface area contributed by atoms with Gasteiger partial charge in [0.25, 0.3) is 11.5 Å². The number of halogens is 2. The van der Waals surface area contributed by atoms with Crippen LogP contribution in [0.1, 0.15) is 15.9 Å². The normalized spacial score (nSPS) is 12.1. The smallest absolute Gasteiger partial charge is 0.328 e. The third kappa shape index (κ3) is 3.85. The van der Waals surface area contributed by atoms with Crippen molar-refractivity contribution in [3.8, 4) is 11.5 Å². The molecule has 0 radical (unpaired) electrons. The molecule has 8 nitrogen and oxygen atoms in total. The minimum Gasteiger partial charge on any atom is -0.454 e. The Morgan fingerprint density at radius 3 is 2.69 bits per heavy atom. The van der Waals surface area contributed by atoms with Gasteiger partial charge in [0.1, 0.15) is 5.56 Å². The lowest BCUT2D eigenvalue weighted by Crippen LogP contribution is -2.39. The molecule has 3 aromatic rings. The van der Waals surface area contributed by atoms with Crippen LogP contribution in [0, 0.1) is 0 Å². The SMILES string of the molecule is O=C(Nc1ccc(Cl)cc1Cl)c1c[nH]c(=O)n(Cc2ccc3c(c2)OCO3)c1=O. The quantitative estimate of drug-likeness (QED) is 0.658. The van der Waals surface area contributed by atoms with Crippen LogP contribution >= 0.6 is 23.2 Å². The van der Waals surface area contributed by atoms with Gasteiger partial charge < -0.3 is 19.8 Å². The maximum absolute atomic E-state index is 12.8. The molecule has 1 aliphatic rings. The lowest BCUT2D eigenvalue weighted by Gasteiger charge is -2.10. The third-order valence-corrected chi connectivity index (χ3v) is 4.81. The Morgan fingerprint density at radius 2 is 1.90 bits per heavy atom. The van der Waals surface area contributed by atoms with Gasteiger partial charge in [0.2, 0.25) is 6.79 Å². The van der Waals surface area contributed by atoms with E-state index < -0.39 is 17.2 Å². The van der Waals surface area contributed by atoms with E-state index in [-0.39, 0.29) is 29.6 Å². The predicted octanol–water partition coefficient (Wildman–Crippen LogP) is 2.87. The summed E-state index contributed by atoms with van der Waals surface area (Å²) in [6.45, 7) is 0.0653. The number of hydrogen-bond donors (Lipinski definition) is 2. The van der Waals surface area contributed by atoms with Gasteiger partial charge in [-0.15, -0.1) is 0 Å². The standard InChI is InChI=1S/C19H13Cl2N3O5/c20-11-2-3-14(13(21)6-11)23-17(25)12-7-22-19(27)24(18(12)26)8-10-1-4-15-16(5-10)29-9-28-15/h1-7H,8-9H2,(H,22,27)(H,23,25). The largest absolute Gasteiger partial charge is 0.454 e. The van der Waals surface area contributed by atoms with Crippen LogP contribution in [-0.2, 0) is 6.54 Å². The molecular formula is C19H13Cl2N3O5. The zero-order chi connectivity index (χ0) is 20.5. The van der Waals surface area contributed by atoms with Crippen molar-refractivity contribution in [2.75, 3.05) is 12.1 Å². The van der Waals surface area contributed by atoms with Gasteiger partial charge in [-0.1, -0.05) is 29.3 Å². The molecule has 2 heterocycles. The second kappa shape index (κ2) is 7.65.